The van der Waals surface area contributed by atoms with E-state index in [4.69, 9.17) is 5.73 Å². The minimum absolute atomic E-state index is 0.109. The number of fused-ring (bicyclic) bond motifs is 1. The molecule has 3 nitrogen and oxygen atoms in total. The third-order valence-corrected chi connectivity index (χ3v) is 4.67. The Morgan fingerprint density at radius 1 is 1.14 bits per heavy atom. The number of nitrogens with zero attached hydrogens (tertiary/aromatic N) is 1. The first-order valence-corrected chi connectivity index (χ1v) is 8.08. The van der Waals surface area contributed by atoms with Crippen LogP contribution in [0.1, 0.15) is 15.9 Å². The Morgan fingerprint density at radius 3 is 2.76 bits per heavy atom. The average Bonchev–Trinajstić information content (AvgIpc) is 2.51. The van der Waals surface area contributed by atoms with E-state index >= 15 is 0 Å². The van der Waals surface area contributed by atoms with Gasteiger partial charge in [-0.2, -0.15) is 0 Å². The zero-order valence-corrected chi connectivity index (χ0v) is 12.6. The van der Waals surface area contributed by atoms with Crippen molar-refractivity contribution in [3.05, 3.63) is 59.7 Å². The van der Waals surface area contributed by atoms with Crippen molar-refractivity contribution in [2.24, 2.45) is 0 Å². The summed E-state index contributed by atoms with van der Waals surface area (Å²) in [4.78, 5) is 15.6. The van der Waals surface area contributed by atoms with Crippen LogP contribution in [0.4, 0.5) is 5.69 Å². The van der Waals surface area contributed by atoms with Crippen LogP contribution >= 0.6 is 11.8 Å². The van der Waals surface area contributed by atoms with Crippen molar-refractivity contribution >= 4 is 23.4 Å². The number of amides is 1. The highest BCUT2D eigenvalue weighted by molar-refractivity contribution is 7.99. The highest BCUT2D eigenvalue weighted by Gasteiger charge is 2.23. The van der Waals surface area contributed by atoms with Crippen molar-refractivity contribution in [3.8, 4) is 0 Å². The summed E-state index contributed by atoms with van der Waals surface area (Å²) >= 11 is 1.78. The fraction of sp³-hybridized carbons (Fsp3) is 0.235. The normalized spacial score (nSPS) is 14.1. The molecule has 0 saturated carbocycles. The average molecular weight is 298 g/mol. The Hall–Kier alpha value is -1.94. The first kappa shape index (κ1) is 14.0. The van der Waals surface area contributed by atoms with Crippen LogP contribution in [-0.4, -0.2) is 29.6 Å². The lowest BCUT2D eigenvalue weighted by Crippen LogP contribution is -2.39. The van der Waals surface area contributed by atoms with Gasteiger partial charge in [0.05, 0.1) is 0 Å². The molecule has 1 heterocycles. The molecule has 1 aliphatic heterocycles. The highest BCUT2D eigenvalue weighted by atomic mass is 32.2. The van der Waals surface area contributed by atoms with Gasteiger partial charge < -0.3 is 10.6 Å². The van der Waals surface area contributed by atoms with Crippen LogP contribution in [0.15, 0.2) is 53.4 Å². The molecule has 0 fully saturated rings. The van der Waals surface area contributed by atoms with E-state index in [1.165, 1.54) is 4.90 Å². The lowest BCUT2D eigenvalue weighted by Gasteiger charge is -2.28. The van der Waals surface area contributed by atoms with Crippen molar-refractivity contribution in [1.29, 1.82) is 0 Å². The minimum atomic E-state index is 0.109. The predicted molar refractivity (Wildman–Crippen MR) is 87.6 cm³/mol. The van der Waals surface area contributed by atoms with Crippen molar-refractivity contribution in [3.63, 3.8) is 0 Å². The molecule has 0 saturated heterocycles. The molecule has 3 rings (SSSR count). The number of rotatable bonds is 4. The molecule has 21 heavy (non-hydrogen) atoms. The Labute approximate surface area is 129 Å². The predicted octanol–water partition coefficient (Wildman–Crippen LogP) is 3.06. The van der Waals surface area contributed by atoms with E-state index in [0.29, 0.717) is 5.69 Å². The maximum Gasteiger partial charge on any atom is 0.254 e. The molecule has 0 unspecified atom stereocenters. The first-order valence-electron chi connectivity index (χ1n) is 7.09. The third kappa shape index (κ3) is 3.22. The number of carbonyl (C=O) groups is 1. The molecule has 1 aliphatic rings. The Kier molecular flexibility index (Phi) is 4.15. The van der Waals surface area contributed by atoms with E-state index in [1.54, 1.807) is 17.8 Å². The van der Waals surface area contributed by atoms with Crippen LogP contribution < -0.4 is 5.73 Å². The quantitative estimate of drug-likeness (QED) is 0.697. The molecule has 2 N–H and O–H groups in total. The summed E-state index contributed by atoms with van der Waals surface area (Å²) < 4.78 is 0. The molecule has 2 aromatic rings. The molecule has 2 aromatic carbocycles. The zero-order valence-electron chi connectivity index (χ0n) is 11.8. The van der Waals surface area contributed by atoms with Crippen molar-refractivity contribution in [2.45, 2.75) is 11.3 Å². The fourth-order valence-corrected chi connectivity index (χ4v) is 3.44. The smallest absolute Gasteiger partial charge is 0.254 e. The van der Waals surface area contributed by atoms with Crippen molar-refractivity contribution < 1.29 is 4.79 Å². The summed E-state index contributed by atoms with van der Waals surface area (Å²) in [5.74, 6) is 1.02. The van der Waals surface area contributed by atoms with Crippen molar-refractivity contribution in [2.75, 3.05) is 24.6 Å². The molecule has 0 radical (unpaired) electrons. The number of hydrogen-bond acceptors (Lipinski definition) is 3. The largest absolute Gasteiger partial charge is 0.399 e. The monoisotopic (exact) mass is 298 g/mol. The number of hydrogen-bond donors (Lipinski definition) is 1. The van der Waals surface area contributed by atoms with Gasteiger partial charge in [-0.25, -0.2) is 0 Å². The maximum absolute atomic E-state index is 12.5. The molecule has 4 heteroatoms. The third-order valence-electron chi connectivity index (χ3n) is 3.68. The van der Waals surface area contributed by atoms with Gasteiger partial charge >= 0.3 is 0 Å². The lowest BCUT2D eigenvalue weighted by molar-refractivity contribution is 0.0751. The van der Waals surface area contributed by atoms with Gasteiger partial charge in [0, 0.05) is 35.0 Å². The van der Waals surface area contributed by atoms with Gasteiger partial charge in [-0.15, -0.1) is 11.8 Å². The van der Waals surface area contributed by atoms with E-state index < -0.39 is 0 Å². The SMILES string of the molecule is Nc1ccc2c(c1)C(=O)N(CCSc1ccccc1)CC2. The number of anilines is 1. The van der Waals surface area contributed by atoms with E-state index in [-0.39, 0.29) is 5.91 Å². The minimum Gasteiger partial charge on any atom is -0.399 e. The molecule has 108 valence electrons. The summed E-state index contributed by atoms with van der Waals surface area (Å²) in [6, 6.07) is 15.9. The van der Waals surface area contributed by atoms with Crippen LogP contribution in [0.25, 0.3) is 0 Å². The van der Waals surface area contributed by atoms with Crippen LogP contribution in [0.2, 0.25) is 0 Å². The Balaban J connectivity index is 1.61. The van der Waals surface area contributed by atoms with E-state index in [1.807, 2.05) is 35.2 Å². The van der Waals surface area contributed by atoms with Gasteiger partial charge in [-0.3, -0.25) is 4.79 Å². The topological polar surface area (TPSA) is 46.3 Å². The summed E-state index contributed by atoms with van der Waals surface area (Å²) in [7, 11) is 0. The van der Waals surface area contributed by atoms with Crippen LogP contribution in [-0.2, 0) is 6.42 Å². The van der Waals surface area contributed by atoms with E-state index in [0.717, 1.165) is 36.4 Å². The number of benzene rings is 2. The Morgan fingerprint density at radius 2 is 1.95 bits per heavy atom. The second kappa shape index (κ2) is 6.22. The second-order valence-electron chi connectivity index (χ2n) is 5.12. The summed E-state index contributed by atoms with van der Waals surface area (Å²) in [6.45, 7) is 1.57. The van der Waals surface area contributed by atoms with Gasteiger partial charge in [-0.1, -0.05) is 24.3 Å². The molecule has 1 amide bonds. The number of nitrogens with two attached hydrogens (primary N) is 1. The van der Waals surface area contributed by atoms with Crippen LogP contribution in [0.3, 0.4) is 0 Å². The van der Waals surface area contributed by atoms with Crippen LogP contribution in [0.5, 0.6) is 0 Å². The van der Waals surface area contributed by atoms with Crippen LogP contribution in [0, 0.1) is 0 Å². The van der Waals surface area contributed by atoms with E-state index in [2.05, 4.69) is 12.1 Å². The molecule has 0 aromatic heterocycles. The molecular formula is C17H18N2OS. The summed E-state index contributed by atoms with van der Waals surface area (Å²) in [5, 5.41) is 0. The van der Waals surface area contributed by atoms with Crippen molar-refractivity contribution in [1.82, 2.24) is 4.90 Å². The molecule has 0 aliphatic carbocycles. The summed E-state index contributed by atoms with van der Waals surface area (Å²) in [6.07, 6.45) is 0.914. The number of thioether (sulfide) groups is 1. The highest BCUT2D eigenvalue weighted by Crippen LogP contribution is 2.23. The van der Waals surface area contributed by atoms with E-state index in [9.17, 15) is 4.79 Å². The molecular weight excluding hydrogens is 280 g/mol. The number of carbonyl (C=O) groups excluding carboxylic acids is 1. The first-order chi connectivity index (χ1) is 10.2. The Bertz CT molecular complexity index is 642. The molecule has 0 bridgehead atoms. The lowest BCUT2D eigenvalue weighted by atomic mass is 9.98. The van der Waals surface area contributed by atoms with Gasteiger partial charge in [0.25, 0.3) is 5.91 Å². The fourth-order valence-electron chi connectivity index (χ4n) is 2.54. The summed E-state index contributed by atoms with van der Waals surface area (Å²) in [5.41, 5.74) is 8.33. The zero-order chi connectivity index (χ0) is 14.7. The second-order valence-corrected chi connectivity index (χ2v) is 6.29. The van der Waals surface area contributed by atoms with Gasteiger partial charge in [-0.05, 0) is 36.2 Å². The molecule has 0 atom stereocenters. The maximum atomic E-state index is 12.5. The molecule has 0 spiro atoms. The van der Waals surface area contributed by atoms with Gasteiger partial charge in [0.2, 0.25) is 0 Å². The number of nitrogen functional groups attached to an aromatic ring is 1. The standard InChI is InChI=1S/C17H18N2OS/c18-14-7-6-13-8-9-19(17(20)16(13)12-14)10-11-21-15-4-2-1-3-5-15/h1-7,12H,8-11,18H2. The van der Waals surface area contributed by atoms with Gasteiger partial charge in [0.1, 0.15) is 0 Å². The van der Waals surface area contributed by atoms with Gasteiger partial charge in [0.15, 0.2) is 0 Å².